The van der Waals surface area contributed by atoms with E-state index in [1.165, 1.54) is 75.4 Å². The minimum atomic E-state index is 1.16. The first-order valence-corrected chi connectivity index (χ1v) is 15.8. The highest BCUT2D eigenvalue weighted by Crippen LogP contribution is 2.42. The van der Waals surface area contributed by atoms with Crippen molar-refractivity contribution in [1.29, 1.82) is 0 Å². The number of thiophene rings is 1. The first-order valence-electron chi connectivity index (χ1n) is 15.0. The number of aromatic nitrogens is 1. The Morgan fingerprint density at radius 1 is 0.364 bits per heavy atom. The van der Waals surface area contributed by atoms with E-state index in [2.05, 4.69) is 168 Å². The number of rotatable bonds is 4. The fraction of sp³-hybridized carbons (Fsp3) is 0. The third-order valence-corrected chi connectivity index (χ3v) is 10.0. The number of hydrogen-bond acceptors (Lipinski definition) is 1. The van der Waals surface area contributed by atoms with Gasteiger partial charge >= 0.3 is 0 Å². The van der Waals surface area contributed by atoms with Gasteiger partial charge < -0.3 is 4.57 Å². The van der Waals surface area contributed by atoms with Gasteiger partial charge in [-0.3, -0.25) is 0 Å². The fourth-order valence-corrected chi connectivity index (χ4v) is 7.96. The van der Waals surface area contributed by atoms with Crippen LogP contribution in [0.5, 0.6) is 0 Å². The number of nitrogens with zero attached hydrogens (tertiary/aromatic N) is 1. The molecule has 0 aliphatic rings. The van der Waals surface area contributed by atoms with E-state index in [-0.39, 0.29) is 0 Å². The van der Waals surface area contributed by atoms with E-state index in [0.717, 1.165) is 5.69 Å². The van der Waals surface area contributed by atoms with Crippen LogP contribution in [0.2, 0.25) is 0 Å². The van der Waals surface area contributed by atoms with E-state index >= 15 is 0 Å². The topological polar surface area (TPSA) is 4.93 Å². The van der Waals surface area contributed by atoms with Crippen molar-refractivity contribution in [2.45, 2.75) is 0 Å². The molecule has 0 amide bonds. The van der Waals surface area contributed by atoms with Gasteiger partial charge in [0.1, 0.15) is 0 Å². The molecule has 206 valence electrons. The summed E-state index contributed by atoms with van der Waals surface area (Å²) in [6, 6.07) is 59.6. The maximum Gasteiger partial charge on any atom is 0.0541 e. The summed E-state index contributed by atoms with van der Waals surface area (Å²) in [5.41, 5.74) is 11.0. The van der Waals surface area contributed by atoms with E-state index in [1.807, 2.05) is 11.3 Å². The lowest BCUT2D eigenvalue weighted by Gasteiger charge is -2.12. The van der Waals surface area contributed by atoms with Gasteiger partial charge in [-0.1, -0.05) is 121 Å². The van der Waals surface area contributed by atoms with Crippen molar-refractivity contribution in [3.63, 3.8) is 0 Å². The second-order valence-electron chi connectivity index (χ2n) is 11.4. The highest BCUT2D eigenvalue weighted by Gasteiger charge is 2.16. The van der Waals surface area contributed by atoms with Crippen molar-refractivity contribution in [1.82, 2.24) is 4.57 Å². The molecule has 0 radical (unpaired) electrons. The van der Waals surface area contributed by atoms with E-state index in [1.54, 1.807) is 0 Å². The smallest absolute Gasteiger partial charge is 0.0541 e. The Morgan fingerprint density at radius 3 is 1.89 bits per heavy atom. The second kappa shape index (κ2) is 10.1. The van der Waals surface area contributed by atoms with Gasteiger partial charge in [0.15, 0.2) is 0 Å². The third kappa shape index (κ3) is 4.00. The zero-order valence-electron chi connectivity index (χ0n) is 23.9. The summed E-state index contributed by atoms with van der Waals surface area (Å²) in [5.74, 6) is 0. The summed E-state index contributed by atoms with van der Waals surface area (Å²) in [7, 11) is 0. The highest BCUT2D eigenvalue weighted by atomic mass is 32.1. The second-order valence-corrected chi connectivity index (χ2v) is 12.4. The van der Waals surface area contributed by atoms with Gasteiger partial charge in [0.2, 0.25) is 0 Å². The predicted octanol–water partition coefficient (Wildman–Crippen LogP) is 12.2. The number of fused-ring (bicyclic) bond motifs is 6. The van der Waals surface area contributed by atoms with Gasteiger partial charge in [-0.2, -0.15) is 0 Å². The summed E-state index contributed by atoms with van der Waals surface area (Å²) in [6.45, 7) is 0. The molecule has 0 aliphatic heterocycles. The van der Waals surface area contributed by atoms with Crippen LogP contribution in [0.3, 0.4) is 0 Å². The molecule has 0 bridgehead atoms. The molecule has 9 rings (SSSR count). The average Bonchev–Trinajstić information content (AvgIpc) is 3.64. The van der Waals surface area contributed by atoms with Crippen molar-refractivity contribution in [2.75, 3.05) is 0 Å². The zero-order valence-corrected chi connectivity index (χ0v) is 24.8. The zero-order chi connectivity index (χ0) is 29.0. The molecule has 2 heterocycles. The van der Waals surface area contributed by atoms with Gasteiger partial charge in [-0.05, 0) is 75.8 Å². The Balaban J connectivity index is 1.20. The van der Waals surface area contributed by atoms with Crippen LogP contribution in [0.25, 0.3) is 81.0 Å². The highest BCUT2D eigenvalue weighted by molar-refractivity contribution is 7.26. The molecule has 7 aromatic carbocycles. The molecular weight excluding hydrogens is 551 g/mol. The van der Waals surface area contributed by atoms with Crippen molar-refractivity contribution in [3.05, 3.63) is 164 Å². The number of benzene rings is 7. The maximum atomic E-state index is 2.42. The minimum absolute atomic E-state index is 1.16. The third-order valence-electron chi connectivity index (χ3n) is 8.80. The Kier molecular flexibility index (Phi) is 5.75. The molecule has 0 saturated heterocycles. The van der Waals surface area contributed by atoms with Crippen LogP contribution in [0.1, 0.15) is 0 Å². The summed E-state index contributed by atoms with van der Waals surface area (Å²) in [5, 5.41) is 5.21. The Bertz CT molecular complexity index is 2500. The van der Waals surface area contributed by atoms with Gasteiger partial charge in [0.05, 0.1) is 11.0 Å². The number of hydrogen-bond donors (Lipinski definition) is 0. The molecule has 44 heavy (non-hydrogen) atoms. The van der Waals surface area contributed by atoms with Crippen LogP contribution < -0.4 is 0 Å². The van der Waals surface area contributed by atoms with Crippen LogP contribution in [0, 0.1) is 0 Å². The molecule has 0 N–H and O–H groups in total. The normalized spacial score (nSPS) is 11.6. The summed E-state index contributed by atoms with van der Waals surface area (Å²) in [6.07, 6.45) is 0. The predicted molar refractivity (Wildman–Crippen MR) is 190 cm³/mol. The fourth-order valence-electron chi connectivity index (χ4n) is 6.73. The summed E-state index contributed by atoms with van der Waals surface area (Å²) in [4.78, 5) is 0. The monoisotopic (exact) mass is 577 g/mol. The quantitative estimate of drug-likeness (QED) is 0.196. The Hall–Kier alpha value is -5.44. The molecular formula is C42H27NS. The first-order chi connectivity index (χ1) is 21.8. The molecule has 0 saturated carbocycles. The van der Waals surface area contributed by atoms with Crippen LogP contribution >= 0.6 is 11.3 Å². The first kappa shape index (κ1) is 25.1. The van der Waals surface area contributed by atoms with Gasteiger partial charge in [-0.15, -0.1) is 11.3 Å². The molecule has 0 atom stereocenters. The largest absolute Gasteiger partial charge is 0.309 e. The molecule has 1 nitrogen and oxygen atoms in total. The molecule has 2 heteroatoms. The van der Waals surface area contributed by atoms with Gasteiger partial charge in [-0.25, -0.2) is 0 Å². The van der Waals surface area contributed by atoms with E-state index < -0.39 is 0 Å². The van der Waals surface area contributed by atoms with E-state index in [9.17, 15) is 0 Å². The number of para-hydroxylation sites is 1. The molecule has 0 unspecified atom stereocenters. The molecule has 0 aliphatic carbocycles. The Morgan fingerprint density at radius 2 is 1.00 bits per heavy atom. The van der Waals surface area contributed by atoms with Crippen molar-refractivity contribution in [3.8, 4) is 39.1 Å². The van der Waals surface area contributed by atoms with Gasteiger partial charge in [0.25, 0.3) is 0 Å². The SMILES string of the molecule is c1ccc(-c2cccc(-c3cccc(-n4c5ccccc5c5cc(-c6cccc7c6sc6ccccc67)ccc54)c3)c2)cc1. The van der Waals surface area contributed by atoms with Crippen molar-refractivity contribution < 1.29 is 0 Å². The summed E-state index contributed by atoms with van der Waals surface area (Å²) >= 11 is 1.89. The lowest BCUT2D eigenvalue weighted by Crippen LogP contribution is -1.94. The molecule has 0 fully saturated rings. The van der Waals surface area contributed by atoms with E-state index in [4.69, 9.17) is 0 Å². The van der Waals surface area contributed by atoms with E-state index in [0.29, 0.717) is 0 Å². The van der Waals surface area contributed by atoms with Crippen LogP contribution in [-0.2, 0) is 0 Å². The molecule has 9 aromatic rings. The van der Waals surface area contributed by atoms with Gasteiger partial charge in [0, 0.05) is 36.6 Å². The average molecular weight is 578 g/mol. The van der Waals surface area contributed by atoms with Crippen LogP contribution in [-0.4, -0.2) is 4.57 Å². The minimum Gasteiger partial charge on any atom is -0.309 e. The maximum absolute atomic E-state index is 2.42. The van der Waals surface area contributed by atoms with Crippen LogP contribution in [0.4, 0.5) is 0 Å². The summed E-state index contributed by atoms with van der Waals surface area (Å²) < 4.78 is 5.10. The van der Waals surface area contributed by atoms with Crippen molar-refractivity contribution in [2.24, 2.45) is 0 Å². The molecule has 0 spiro atoms. The Labute approximate surface area is 259 Å². The van der Waals surface area contributed by atoms with Crippen molar-refractivity contribution >= 4 is 53.3 Å². The van der Waals surface area contributed by atoms with Crippen LogP contribution in [0.15, 0.2) is 164 Å². The lowest BCUT2D eigenvalue weighted by molar-refractivity contribution is 1.18. The standard InChI is InChI=1S/C42H27NS/c1-2-11-28(12-3-1)29-13-8-14-30(25-29)31-15-9-16-33(26-31)43-39-21-6-4-17-35(39)38-27-32(23-24-40(38)43)34-19-10-20-37-36-18-5-7-22-41(36)44-42(34)37/h1-27H. The molecule has 2 aromatic heterocycles. The lowest BCUT2D eigenvalue weighted by atomic mass is 9.99.